The van der Waals surface area contributed by atoms with Crippen molar-refractivity contribution in [2.75, 3.05) is 12.8 Å². The highest BCUT2D eigenvalue weighted by Gasteiger charge is 2.42. The average molecular weight is 195 g/mol. The van der Waals surface area contributed by atoms with Gasteiger partial charge in [0.05, 0.1) is 0 Å². The monoisotopic (exact) mass is 195 g/mol. The first-order chi connectivity index (χ1) is 5.25. The molecule has 0 aromatic heterocycles. The molecule has 0 aliphatic carbocycles. The normalized spacial score (nSPS) is 16.9. The third kappa shape index (κ3) is 1.95. The summed E-state index contributed by atoms with van der Waals surface area (Å²) >= 11 is 0. The first-order valence-corrected chi connectivity index (χ1v) is 5.28. The number of sulfone groups is 1. The van der Waals surface area contributed by atoms with Crippen LogP contribution in [0, 0.1) is 0 Å². The molecule has 72 valence electrons. The van der Waals surface area contributed by atoms with Crippen LogP contribution in [-0.2, 0) is 14.6 Å². The molecule has 0 aromatic rings. The molecule has 0 heterocycles. The Morgan fingerprint density at radius 1 is 1.58 bits per heavy atom. The second-order valence-electron chi connectivity index (χ2n) is 2.85. The van der Waals surface area contributed by atoms with E-state index in [2.05, 4.69) is 0 Å². The van der Waals surface area contributed by atoms with Crippen LogP contribution >= 0.6 is 0 Å². The molecular formula is C6H13NO4S. The standard InChI is InChI=1S/C6H13NO4S/c1-6(3-4-7,5(8)9)12(2,10)11/h3-4,7H2,1-2H3,(H,8,9). The number of carboxylic acids is 1. The number of hydrogen-bond acceptors (Lipinski definition) is 4. The van der Waals surface area contributed by atoms with Crippen LogP contribution in [0.15, 0.2) is 0 Å². The molecule has 0 bridgehead atoms. The third-order valence-electron chi connectivity index (χ3n) is 1.89. The molecule has 0 saturated carbocycles. The Morgan fingerprint density at radius 3 is 2.08 bits per heavy atom. The maximum absolute atomic E-state index is 11.0. The highest BCUT2D eigenvalue weighted by molar-refractivity contribution is 7.92. The summed E-state index contributed by atoms with van der Waals surface area (Å²) in [5, 5.41) is 8.66. The lowest BCUT2D eigenvalue weighted by atomic mass is 10.1. The SMILES string of the molecule is CC(CCN)(C(=O)O)S(C)(=O)=O. The van der Waals surface area contributed by atoms with E-state index in [1.165, 1.54) is 0 Å². The molecule has 0 fully saturated rings. The van der Waals surface area contributed by atoms with Crippen LogP contribution in [0.25, 0.3) is 0 Å². The van der Waals surface area contributed by atoms with E-state index in [1.807, 2.05) is 0 Å². The fourth-order valence-corrected chi connectivity index (χ4v) is 1.53. The summed E-state index contributed by atoms with van der Waals surface area (Å²) in [6, 6.07) is 0. The van der Waals surface area contributed by atoms with Crippen molar-refractivity contribution in [2.24, 2.45) is 5.73 Å². The van der Waals surface area contributed by atoms with Gasteiger partial charge in [-0.1, -0.05) is 0 Å². The zero-order valence-corrected chi connectivity index (χ0v) is 7.89. The Bertz CT molecular complexity index is 271. The van der Waals surface area contributed by atoms with Crippen LogP contribution in [-0.4, -0.2) is 37.0 Å². The summed E-state index contributed by atoms with van der Waals surface area (Å²) < 4.78 is 20.3. The van der Waals surface area contributed by atoms with Gasteiger partial charge in [0.1, 0.15) is 0 Å². The molecule has 1 unspecified atom stereocenters. The molecule has 0 spiro atoms. The minimum Gasteiger partial charge on any atom is -0.480 e. The highest BCUT2D eigenvalue weighted by Crippen LogP contribution is 2.19. The summed E-state index contributed by atoms with van der Waals surface area (Å²) in [5.74, 6) is -1.35. The Balaban J connectivity index is 5.02. The molecule has 0 aliphatic rings. The molecule has 0 aliphatic heterocycles. The van der Waals surface area contributed by atoms with E-state index < -0.39 is 20.6 Å². The van der Waals surface area contributed by atoms with Crippen LogP contribution in [0.1, 0.15) is 13.3 Å². The molecule has 1 atom stereocenters. The van der Waals surface area contributed by atoms with Crippen LogP contribution in [0.5, 0.6) is 0 Å². The summed E-state index contributed by atoms with van der Waals surface area (Å²) in [5.41, 5.74) is 5.12. The van der Waals surface area contributed by atoms with Gasteiger partial charge in [0.15, 0.2) is 14.6 Å². The maximum atomic E-state index is 11.0. The highest BCUT2D eigenvalue weighted by atomic mass is 32.2. The minimum atomic E-state index is -3.61. The van der Waals surface area contributed by atoms with Gasteiger partial charge in [0, 0.05) is 6.26 Å². The topological polar surface area (TPSA) is 97.5 Å². The van der Waals surface area contributed by atoms with Crippen molar-refractivity contribution in [3.8, 4) is 0 Å². The fourth-order valence-electron chi connectivity index (χ4n) is 0.726. The molecule has 0 amide bonds. The number of aliphatic carboxylic acids is 1. The van der Waals surface area contributed by atoms with Crippen molar-refractivity contribution in [1.82, 2.24) is 0 Å². The molecular weight excluding hydrogens is 182 g/mol. The molecule has 12 heavy (non-hydrogen) atoms. The average Bonchev–Trinajstić information content (AvgIpc) is 1.85. The van der Waals surface area contributed by atoms with Crippen molar-refractivity contribution >= 4 is 15.8 Å². The second kappa shape index (κ2) is 3.40. The number of rotatable bonds is 4. The quantitative estimate of drug-likeness (QED) is 0.613. The van der Waals surface area contributed by atoms with Gasteiger partial charge >= 0.3 is 5.97 Å². The minimum absolute atomic E-state index is 0.0376. The lowest BCUT2D eigenvalue weighted by Crippen LogP contribution is -2.44. The number of hydrogen-bond donors (Lipinski definition) is 2. The van der Waals surface area contributed by atoms with E-state index >= 15 is 0 Å². The van der Waals surface area contributed by atoms with Crippen molar-refractivity contribution in [3.05, 3.63) is 0 Å². The Morgan fingerprint density at radius 2 is 2.00 bits per heavy atom. The lowest BCUT2D eigenvalue weighted by molar-refractivity contribution is -0.139. The van der Waals surface area contributed by atoms with Gasteiger partial charge in [0.2, 0.25) is 0 Å². The van der Waals surface area contributed by atoms with Gasteiger partial charge in [-0.2, -0.15) is 0 Å². The van der Waals surface area contributed by atoms with Crippen molar-refractivity contribution in [3.63, 3.8) is 0 Å². The van der Waals surface area contributed by atoms with E-state index in [-0.39, 0.29) is 13.0 Å². The third-order valence-corrected chi connectivity index (χ3v) is 3.91. The zero-order chi connectivity index (χ0) is 9.99. The summed E-state index contributed by atoms with van der Waals surface area (Å²) in [7, 11) is -3.61. The lowest BCUT2D eigenvalue weighted by Gasteiger charge is -2.21. The van der Waals surface area contributed by atoms with E-state index in [0.717, 1.165) is 13.2 Å². The van der Waals surface area contributed by atoms with Crippen LogP contribution in [0.4, 0.5) is 0 Å². The van der Waals surface area contributed by atoms with Gasteiger partial charge in [0.25, 0.3) is 0 Å². The Labute approximate surface area is 71.5 Å². The molecule has 6 heteroatoms. The van der Waals surface area contributed by atoms with Crippen LogP contribution < -0.4 is 5.73 Å². The van der Waals surface area contributed by atoms with Gasteiger partial charge < -0.3 is 10.8 Å². The number of carboxylic acid groups (broad SMARTS) is 1. The van der Waals surface area contributed by atoms with Crippen molar-refractivity contribution in [1.29, 1.82) is 0 Å². The summed E-state index contributed by atoms with van der Waals surface area (Å²) in [4.78, 5) is 10.6. The largest absolute Gasteiger partial charge is 0.480 e. The maximum Gasteiger partial charge on any atom is 0.324 e. The first-order valence-electron chi connectivity index (χ1n) is 3.39. The molecule has 3 N–H and O–H groups in total. The first kappa shape index (κ1) is 11.4. The van der Waals surface area contributed by atoms with Crippen LogP contribution in [0.2, 0.25) is 0 Å². The van der Waals surface area contributed by atoms with E-state index in [0.29, 0.717) is 0 Å². The predicted octanol–water partition coefficient (Wildman–Crippen LogP) is -0.777. The molecule has 0 radical (unpaired) electrons. The molecule has 0 rings (SSSR count). The van der Waals surface area contributed by atoms with Gasteiger partial charge in [-0.25, -0.2) is 8.42 Å². The van der Waals surface area contributed by atoms with Gasteiger partial charge in [-0.3, -0.25) is 4.79 Å². The van der Waals surface area contributed by atoms with Crippen LogP contribution in [0.3, 0.4) is 0 Å². The molecule has 0 aromatic carbocycles. The van der Waals surface area contributed by atoms with Gasteiger partial charge in [-0.15, -0.1) is 0 Å². The van der Waals surface area contributed by atoms with E-state index in [9.17, 15) is 13.2 Å². The van der Waals surface area contributed by atoms with E-state index in [1.54, 1.807) is 0 Å². The summed E-state index contributed by atoms with van der Waals surface area (Å²) in [6.45, 7) is 1.20. The zero-order valence-electron chi connectivity index (χ0n) is 7.07. The number of nitrogens with two attached hydrogens (primary N) is 1. The van der Waals surface area contributed by atoms with Crippen molar-refractivity contribution < 1.29 is 18.3 Å². The van der Waals surface area contributed by atoms with Gasteiger partial charge in [-0.05, 0) is 19.9 Å². The molecule has 5 nitrogen and oxygen atoms in total. The van der Waals surface area contributed by atoms with E-state index in [4.69, 9.17) is 10.8 Å². The second-order valence-corrected chi connectivity index (χ2v) is 5.29. The van der Waals surface area contributed by atoms with Crippen molar-refractivity contribution in [2.45, 2.75) is 18.1 Å². The summed E-state index contributed by atoms with van der Waals surface area (Å²) in [6.07, 6.45) is 0.831. The predicted molar refractivity (Wildman–Crippen MR) is 44.6 cm³/mol. The molecule has 0 saturated heterocycles. The Kier molecular flexibility index (Phi) is 3.23. The Hall–Kier alpha value is -0.620. The number of carbonyl (C=O) groups is 1. The fraction of sp³-hybridized carbons (Fsp3) is 0.833. The smallest absolute Gasteiger partial charge is 0.324 e.